The molecule has 0 fully saturated rings. The Balaban J connectivity index is 0.00000190. The summed E-state index contributed by atoms with van der Waals surface area (Å²) < 4.78 is 62.5. The minimum absolute atomic E-state index is 0.218. The number of nitrogens with two attached hydrogens (primary N) is 1. The van der Waals surface area contributed by atoms with Gasteiger partial charge in [0, 0.05) is 18.8 Å². The summed E-state index contributed by atoms with van der Waals surface area (Å²) in [7, 11) is 0. The van der Waals surface area contributed by atoms with E-state index in [2.05, 4.69) is 18.1 Å². The van der Waals surface area contributed by atoms with E-state index in [-0.39, 0.29) is 11.3 Å². The van der Waals surface area contributed by atoms with Gasteiger partial charge in [0.2, 0.25) is 0 Å². The summed E-state index contributed by atoms with van der Waals surface area (Å²) in [4.78, 5) is 3.69. The number of halogens is 4. The topological polar surface area (TPSA) is 51.4 Å². The van der Waals surface area contributed by atoms with Crippen molar-refractivity contribution in [2.45, 2.75) is 25.7 Å². The number of ether oxygens (including phenoxy) is 1. The smallest absolute Gasteiger partial charge is 0.298 e. The summed E-state index contributed by atoms with van der Waals surface area (Å²) in [5.41, 5.74) is -0.998. The van der Waals surface area contributed by atoms with Crippen LogP contribution in [0.3, 0.4) is 0 Å². The maximum atomic E-state index is 15.1. The summed E-state index contributed by atoms with van der Waals surface area (Å²) >= 11 is 0. The molecule has 4 nitrogen and oxygen atoms in total. The molecule has 0 radical (unpaired) electrons. The van der Waals surface area contributed by atoms with Crippen LogP contribution < -0.4 is 10.6 Å². The van der Waals surface area contributed by atoms with E-state index in [1.807, 2.05) is 13.8 Å². The molecule has 2 aromatic rings. The molecule has 0 saturated heterocycles. The zero-order valence-corrected chi connectivity index (χ0v) is 15.7. The summed E-state index contributed by atoms with van der Waals surface area (Å²) in [6.07, 6.45) is 3.34. The van der Waals surface area contributed by atoms with Gasteiger partial charge in [0.15, 0.2) is 0 Å². The van der Waals surface area contributed by atoms with Crippen LogP contribution in [-0.2, 0) is 5.92 Å². The SMILES string of the molecule is C=COc1ccc(C(F)(F)C(CN(N)C=C)c2ccc(F)cc2F)nc1.CC. The first-order valence-corrected chi connectivity index (χ1v) is 8.50. The fourth-order valence-electron chi connectivity index (χ4n) is 2.40. The van der Waals surface area contributed by atoms with Crippen molar-refractivity contribution in [1.82, 2.24) is 9.99 Å². The van der Waals surface area contributed by atoms with Crippen LogP contribution in [-0.4, -0.2) is 16.5 Å². The molecule has 8 heteroatoms. The Bertz CT molecular complexity index is 782. The average molecular weight is 397 g/mol. The Hall–Kier alpha value is -2.87. The summed E-state index contributed by atoms with van der Waals surface area (Å²) in [6, 6.07) is 4.76. The van der Waals surface area contributed by atoms with Crippen LogP contribution in [0.2, 0.25) is 0 Å². The number of hydrogen-bond donors (Lipinski definition) is 1. The predicted octanol–water partition coefficient (Wildman–Crippen LogP) is 5.10. The van der Waals surface area contributed by atoms with Gasteiger partial charge in [0.25, 0.3) is 5.92 Å². The van der Waals surface area contributed by atoms with Gasteiger partial charge in [-0.15, -0.1) is 0 Å². The van der Waals surface area contributed by atoms with Crippen LogP contribution in [0, 0.1) is 11.6 Å². The van der Waals surface area contributed by atoms with Crippen molar-refractivity contribution >= 4 is 0 Å². The lowest BCUT2D eigenvalue weighted by molar-refractivity contribution is -0.0458. The highest BCUT2D eigenvalue weighted by Crippen LogP contribution is 2.42. The zero-order chi connectivity index (χ0) is 21.3. The second-order valence-corrected chi connectivity index (χ2v) is 5.38. The molecule has 2 rings (SSSR count). The first kappa shape index (κ1) is 23.2. The van der Waals surface area contributed by atoms with E-state index in [1.165, 1.54) is 6.07 Å². The van der Waals surface area contributed by atoms with Gasteiger partial charge in [0.1, 0.15) is 23.1 Å². The summed E-state index contributed by atoms with van der Waals surface area (Å²) in [6.45, 7) is 10.3. The molecule has 0 aliphatic heterocycles. The molecule has 2 N–H and O–H groups in total. The third kappa shape index (κ3) is 5.56. The number of aromatic nitrogens is 1. The van der Waals surface area contributed by atoms with Crippen molar-refractivity contribution < 1.29 is 22.3 Å². The molecule has 1 unspecified atom stereocenters. The molecule has 0 aliphatic rings. The average Bonchev–Trinajstić information content (AvgIpc) is 2.68. The molecule has 0 saturated carbocycles. The highest BCUT2D eigenvalue weighted by molar-refractivity contribution is 5.30. The van der Waals surface area contributed by atoms with Crippen molar-refractivity contribution in [3.05, 3.63) is 85.0 Å². The van der Waals surface area contributed by atoms with Crippen LogP contribution in [0.15, 0.2) is 62.1 Å². The number of hydrogen-bond acceptors (Lipinski definition) is 4. The molecular formula is C20H23F4N3O. The molecule has 1 atom stereocenters. The monoisotopic (exact) mass is 397 g/mol. The van der Waals surface area contributed by atoms with Gasteiger partial charge in [0.05, 0.1) is 18.4 Å². The van der Waals surface area contributed by atoms with Crippen LogP contribution in [0.5, 0.6) is 5.75 Å². The molecule has 152 valence electrons. The van der Waals surface area contributed by atoms with E-state index < -0.39 is 35.7 Å². The molecular weight excluding hydrogens is 374 g/mol. The Morgan fingerprint density at radius 1 is 1.21 bits per heavy atom. The Kier molecular flexibility index (Phi) is 8.66. The molecule has 1 aromatic heterocycles. The van der Waals surface area contributed by atoms with E-state index in [0.29, 0.717) is 6.07 Å². The second kappa shape index (κ2) is 10.5. The second-order valence-electron chi connectivity index (χ2n) is 5.38. The third-order valence-electron chi connectivity index (χ3n) is 3.70. The quantitative estimate of drug-likeness (QED) is 0.291. The molecule has 0 amide bonds. The zero-order valence-electron chi connectivity index (χ0n) is 15.7. The third-order valence-corrected chi connectivity index (χ3v) is 3.70. The van der Waals surface area contributed by atoms with Gasteiger partial charge in [-0.05, 0) is 23.8 Å². The van der Waals surface area contributed by atoms with Crippen molar-refractivity contribution in [3.63, 3.8) is 0 Å². The van der Waals surface area contributed by atoms with Gasteiger partial charge in [-0.1, -0.05) is 33.1 Å². The highest BCUT2D eigenvalue weighted by atomic mass is 19.3. The van der Waals surface area contributed by atoms with Crippen molar-refractivity contribution in [2.75, 3.05) is 6.54 Å². The van der Waals surface area contributed by atoms with Gasteiger partial charge in [-0.25, -0.2) is 14.6 Å². The Labute approximate surface area is 161 Å². The fourth-order valence-corrected chi connectivity index (χ4v) is 2.40. The van der Waals surface area contributed by atoms with E-state index >= 15 is 8.78 Å². The minimum Gasteiger partial charge on any atom is -0.464 e. The molecule has 1 heterocycles. The largest absolute Gasteiger partial charge is 0.464 e. The lowest BCUT2D eigenvalue weighted by Crippen LogP contribution is -2.37. The number of benzene rings is 1. The predicted molar refractivity (Wildman–Crippen MR) is 100 cm³/mol. The standard InChI is InChI=1S/C18H17F4N3O.C2H6/c1-3-25(23)11-15(14-7-5-12(19)9-16(14)20)18(21,22)17-8-6-13(10-24-17)26-4-2;1-2/h3-10,15H,1-2,11,23H2;1-2H3. The van der Waals surface area contributed by atoms with Crippen LogP contribution in [0.1, 0.15) is 31.0 Å². The number of pyridine rings is 1. The lowest BCUT2D eigenvalue weighted by Gasteiger charge is -2.30. The normalized spacial score (nSPS) is 11.7. The molecule has 0 spiro atoms. The highest BCUT2D eigenvalue weighted by Gasteiger charge is 2.45. The number of hydrazine groups is 1. The van der Waals surface area contributed by atoms with Crippen LogP contribution in [0.25, 0.3) is 0 Å². The van der Waals surface area contributed by atoms with Crippen molar-refractivity contribution in [2.24, 2.45) is 5.84 Å². The maximum Gasteiger partial charge on any atom is 0.298 e. The van der Waals surface area contributed by atoms with Gasteiger partial charge in [-0.2, -0.15) is 8.78 Å². The van der Waals surface area contributed by atoms with Gasteiger partial charge in [-0.3, -0.25) is 4.98 Å². The van der Waals surface area contributed by atoms with E-state index in [1.54, 1.807) is 0 Å². The Morgan fingerprint density at radius 3 is 2.39 bits per heavy atom. The van der Waals surface area contributed by atoms with Crippen LogP contribution in [0.4, 0.5) is 17.6 Å². The number of rotatable bonds is 8. The molecule has 0 bridgehead atoms. The van der Waals surface area contributed by atoms with Crippen LogP contribution >= 0.6 is 0 Å². The molecule has 1 aromatic carbocycles. The van der Waals surface area contributed by atoms with E-state index in [0.717, 1.165) is 41.9 Å². The number of alkyl halides is 2. The van der Waals surface area contributed by atoms with Gasteiger partial charge < -0.3 is 9.75 Å². The van der Waals surface area contributed by atoms with E-state index in [9.17, 15) is 8.78 Å². The maximum absolute atomic E-state index is 15.1. The lowest BCUT2D eigenvalue weighted by atomic mass is 9.89. The van der Waals surface area contributed by atoms with E-state index in [4.69, 9.17) is 10.6 Å². The number of nitrogens with zero attached hydrogens (tertiary/aromatic N) is 2. The van der Waals surface area contributed by atoms with Gasteiger partial charge >= 0.3 is 0 Å². The summed E-state index contributed by atoms with van der Waals surface area (Å²) in [5, 5.41) is 0.899. The fraction of sp³-hybridized carbons (Fsp3) is 0.250. The first-order valence-electron chi connectivity index (χ1n) is 8.50. The first-order chi connectivity index (χ1) is 13.3. The Morgan fingerprint density at radius 2 is 1.89 bits per heavy atom. The van der Waals surface area contributed by atoms with Crippen molar-refractivity contribution in [1.29, 1.82) is 0 Å². The minimum atomic E-state index is -3.61. The molecule has 28 heavy (non-hydrogen) atoms. The van der Waals surface area contributed by atoms with Crippen molar-refractivity contribution in [3.8, 4) is 5.75 Å². The molecule has 0 aliphatic carbocycles. The summed E-state index contributed by atoms with van der Waals surface area (Å²) in [5.74, 6) is -1.52.